The summed E-state index contributed by atoms with van der Waals surface area (Å²) in [5.41, 5.74) is -2.05. The van der Waals surface area contributed by atoms with E-state index in [1.54, 1.807) is 33.8 Å². The van der Waals surface area contributed by atoms with Gasteiger partial charge in [-0.25, -0.2) is 8.42 Å². The van der Waals surface area contributed by atoms with E-state index < -0.39 is 57.4 Å². The van der Waals surface area contributed by atoms with Crippen LogP contribution in [0.4, 0.5) is 18.9 Å². The van der Waals surface area contributed by atoms with Gasteiger partial charge in [0.25, 0.3) is 0 Å². The molecule has 39 heavy (non-hydrogen) atoms. The number of halogens is 6. The first-order chi connectivity index (χ1) is 17.8. The van der Waals surface area contributed by atoms with Crippen LogP contribution in [-0.2, 0) is 32.3 Å². The number of carbonyl (C=O) groups excluding carboxylic acids is 2. The topological polar surface area (TPSA) is 86.8 Å². The third kappa shape index (κ3) is 8.89. The molecule has 7 nitrogen and oxygen atoms in total. The molecule has 0 aromatic heterocycles. The summed E-state index contributed by atoms with van der Waals surface area (Å²) in [7, 11) is -4.32. The Morgan fingerprint density at radius 1 is 1.00 bits per heavy atom. The maximum Gasteiger partial charge on any atom is 0.416 e. The summed E-state index contributed by atoms with van der Waals surface area (Å²) in [4.78, 5) is 28.1. The summed E-state index contributed by atoms with van der Waals surface area (Å²) in [5, 5.41) is 2.87. The Morgan fingerprint density at radius 2 is 1.56 bits per heavy atom. The molecule has 0 radical (unpaired) electrons. The van der Waals surface area contributed by atoms with Gasteiger partial charge in [-0.2, -0.15) is 13.2 Å². The van der Waals surface area contributed by atoms with E-state index in [1.165, 1.54) is 12.1 Å². The highest BCUT2D eigenvalue weighted by Crippen LogP contribution is 2.36. The highest BCUT2D eigenvalue weighted by atomic mass is 35.5. The Bertz CT molecular complexity index is 1310. The van der Waals surface area contributed by atoms with E-state index in [0.717, 1.165) is 17.2 Å². The molecule has 1 N–H and O–H groups in total. The number of hydrogen-bond donors (Lipinski definition) is 1. The second-order valence-electron chi connectivity index (χ2n) is 9.82. The zero-order chi connectivity index (χ0) is 29.9. The van der Waals surface area contributed by atoms with Gasteiger partial charge in [0, 0.05) is 27.7 Å². The molecule has 0 aliphatic rings. The van der Waals surface area contributed by atoms with E-state index in [2.05, 4.69) is 5.32 Å². The fraction of sp³-hybridized carbons (Fsp3) is 0.440. The smallest absolute Gasteiger partial charge is 0.350 e. The molecule has 0 saturated carbocycles. The molecule has 0 saturated heterocycles. The second-order valence-corrected chi connectivity index (χ2v) is 12.9. The van der Waals surface area contributed by atoms with Gasteiger partial charge in [0.15, 0.2) is 0 Å². The third-order valence-corrected chi connectivity index (χ3v) is 7.65. The maximum atomic E-state index is 13.8. The lowest BCUT2D eigenvalue weighted by Crippen LogP contribution is -2.55. The van der Waals surface area contributed by atoms with Gasteiger partial charge in [0.05, 0.1) is 22.5 Å². The first-order valence-electron chi connectivity index (χ1n) is 11.6. The Balaban J connectivity index is 2.62. The van der Waals surface area contributed by atoms with E-state index in [4.69, 9.17) is 34.8 Å². The normalized spacial score (nSPS) is 13.1. The number of sulfonamides is 1. The van der Waals surface area contributed by atoms with Crippen molar-refractivity contribution in [2.45, 2.75) is 58.4 Å². The highest BCUT2D eigenvalue weighted by Gasteiger charge is 2.36. The molecule has 1 atom stereocenters. The van der Waals surface area contributed by atoms with Crippen LogP contribution in [0.25, 0.3) is 0 Å². The second kappa shape index (κ2) is 12.5. The van der Waals surface area contributed by atoms with Crippen LogP contribution in [0.15, 0.2) is 36.4 Å². The summed E-state index contributed by atoms with van der Waals surface area (Å²) in [6.07, 6.45) is -3.94. The molecule has 2 aromatic carbocycles. The van der Waals surface area contributed by atoms with Crippen LogP contribution < -0.4 is 9.62 Å². The fourth-order valence-electron chi connectivity index (χ4n) is 3.70. The Hall–Kier alpha value is -2.21. The summed E-state index contributed by atoms with van der Waals surface area (Å²) in [5.74, 6) is -1.41. The van der Waals surface area contributed by atoms with Crippen molar-refractivity contribution in [1.82, 2.24) is 10.2 Å². The number of amides is 2. The number of alkyl halides is 3. The molecule has 216 valence electrons. The lowest BCUT2D eigenvalue weighted by molar-refractivity contribution is -0.141. The van der Waals surface area contributed by atoms with Crippen molar-refractivity contribution in [3.05, 3.63) is 62.6 Å². The van der Waals surface area contributed by atoms with Crippen LogP contribution in [0, 0.1) is 0 Å². The van der Waals surface area contributed by atoms with Crippen LogP contribution in [0.5, 0.6) is 0 Å². The third-order valence-electron chi connectivity index (χ3n) is 5.50. The molecule has 0 fully saturated rings. The van der Waals surface area contributed by atoms with Crippen molar-refractivity contribution in [2.24, 2.45) is 0 Å². The van der Waals surface area contributed by atoms with E-state index in [9.17, 15) is 31.2 Å². The van der Waals surface area contributed by atoms with Gasteiger partial charge in [0.1, 0.15) is 12.6 Å². The quantitative estimate of drug-likeness (QED) is 0.360. The van der Waals surface area contributed by atoms with Crippen molar-refractivity contribution < 1.29 is 31.2 Å². The average Bonchev–Trinajstić information content (AvgIpc) is 2.77. The average molecular weight is 631 g/mol. The van der Waals surface area contributed by atoms with Gasteiger partial charge in [-0.15, -0.1) is 0 Å². The van der Waals surface area contributed by atoms with Gasteiger partial charge in [-0.3, -0.25) is 13.9 Å². The van der Waals surface area contributed by atoms with Crippen LogP contribution in [-0.4, -0.2) is 49.5 Å². The lowest BCUT2D eigenvalue weighted by Gasteiger charge is -2.35. The zero-order valence-electron chi connectivity index (χ0n) is 21.9. The molecule has 0 spiro atoms. The molecule has 0 unspecified atom stereocenters. The number of benzene rings is 2. The van der Waals surface area contributed by atoms with Crippen LogP contribution in [0.1, 0.15) is 45.2 Å². The summed E-state index contributed by atoms with van der Waals surface area (Å²) in [6, 6.07) is 5.71. The number of hydrogen-bond acceptors (Lipinski definition) is 4. The van der Waals surface area contributed by atoms with Gasteiger partial charge in [-0.1, -0.05) is 47.8 Å². The van der Waals surface area contributed by atoms with Crippen LogP contribution in [0.2, 0.25) is 15.1 Å². The summed E-state index contributed by atoms with van der Waals surface area (Å²) < 4.78 is 66.1. The van der Waals surface area contributed by atoms with Crippen molar-refractivity contribution >= 4 is 62.3 Å². The van der Waals surface area contributed by atoms with Crippen molar-refractivity contribution in [3.63, 3.8) is 0 Å². The number of nitrogens with zero attached hydrogens (tertiary/aromatic N) is 2. The molecule has 14 heteroatoms. The molecule has 2 aromatic rings. The molecular weight excluding hydrogens is 602 g/mol. The summed E-state index contributed by atoms with van der Waals surface area (Å²) >= 11 is 18.7. The van der Waals surface area contributed by atoms with E-state index in [1.807, 2.05) is 0 Å². The lowest BCUT2D eigenvalue weighted by atomic mass is 10.1. The largest absolute Gasteiger partial charge is 0.416 e. The van der Waals surface area contributed by atoms with E-state index >= 15 is 0 Å². The molecule has 2 amide bonds. The number of carbonyl (C=O) groups is 2. The molecule has 0 heterocycles. The van der Waals surface area contributed by atoms with Crippen molar-refractivity contribution in [3.8, 4) is 0 Å². The van der Waals surface area contributed by atoms with Gasteiger partial charge in [-0.05, 0) is 57.5 Å². The molecule has 2 rings (SSSR count). The predicted molar refractivity (Wildman–Crippen MR) is 148 cm³/mol. The Kier molecular flexibility index (Phi) is 10.6. The van der Waals surface area contributed by atoms with E-state index in [0.29, 0.717) is 22.0 Å². The maximum absolute atomic E-state index is 13.8. The Labute approximate surface area is 241 Å². The molecule has 0 bridgehead atoms. The zero-order valence-corrected chi connectivity index (χ0v) is 25.0. The predicted octanol–water partition coefficient (Wildman–Crippen LogP) is 6.15. The molecular formula is C25H29Cl3F3N3O4S. The monoisotopic (exact) mass is 629 g/mol. The number of rotatable bonds is 9. The van der Waals surface area contributed by atoms with Crippen molar-refractivity contribution in [1.29, 1.82) is 0 Å². The number of anilines is 1. The fourth-order valence-corrected chi connectivity index (χ4v) is 5.34. The minimum absolute atomic E-state index is 0.124. The minimum atomic E-state index is -4.79. The van der Waals surface area contributed by atoms with Gasteiger partial charge in [0.2, 0.25) is 21.8 Å². The molecule has 0 aliphatic heterocycles. The van der Waals surface area contributed by atoms with Crippen LogP contribution >= 0.6 is 34.8 Å². The SMILES string of the molecule is CC[C@H](C(=O)NC(C)(C)C)N(Cc1c(Cl)cccc1Cl)C(=O)CN(c1cc(C(F)(F)F)ccc1Cl)S(C)(=O)=O. The first-order valence-corrected chi connectivity index (χ1v) is 14.6. The molecule has 0 aliphatic carbocycles. The van der Waals surface area contributed by atoms with Gasteiger partial charge >= 0.3 is 6.18 Å². The van der Waals surface area contributed by atoms with E-state index in [-0.39, 0.29) is 28.0 Å². The standard InChI is InChI=1S/C25H29Cl3F3N3O4S/c1-6-20(23(36)32-24(2,3)4)33(13-16-17(26)8-7-9-18(16)27)22(35)14-34(39(5,37)38)21-12-15(25(29,30)31)10-11-19(21)28/h7-12,20H,6,13-14H2,1-5H3,(H,32,36)/t20-/m1/s1. The highest BCUT2D eigenvalue weighted by molar-refractivity contribution is 7.92. The first kappa shape index (κ1) is 33.0. The van der Waals surface area contributed by atoms with Crippen molar-refractivity contribution in [2.75, 3.05) is 17.1 Å². The van der Waals surface area contributed by atoms with Gasteiger partial charge < -0.3 is 10.2 Å². The van der Waals surface area contributed by atoms with Crippen LogP contribution in [0.3, 0.4) is 0 Å². The number of nitrogens with one attached hydrogen (secondary N) is 1. The minimum Gasteiger partial charge on any atom is -0.350 e. The Morgan fingerprint density at radius 3 is 2.03 bits per heavy atom. The summed E-state index contributed by atoms with van der Waals surface area (Å²) in [6.45, 7) is 5.67.